The van der Waals surface area contributed by atoms with Crippen LogP contribution in [0.4, 0.5) is 0 Å². The van der Waals surface area contributed by atoms with Crippen molar-refractivity contribution in [1.82, 2.24) is 0 Å². The number of hydrogen-bond donors (Lipinski definition) is 1. The van der Waals surface area contributed by atoms with E-state index in [0.29, 0.717) is 17.5 Å². The Hall–Kier alpha value is -2.04. The average molecular weight is 266 g/mol. The molecule has 1 N–H and O–H groups in total. The Morgan fingerprint density at radius 3 is 2.58 bits per heavy atom. The molecule has 0 aliphatic rings. The standard InChI is InChI=1S/C14H18O5/c1-4-10-8-11(6-7-12(10)15)14(17)19-9(3)13(16)18-5-2/h6-9,15H,4-5H2,1-3H3/t9-/m1/s1. The summed E-state index contributed by atoms with van der Waals surface area (Å²) in [6.07, 6.45) is -0.355. The van der Waals surface area contributed by atoms with Crippen LogP contribution in [0.15, 0.2) is 18.2 Å². The van der Waals surface area contributed by atoms with E-state index in [-0.39, 0.29) is 12.4 Å². The molecular formula is C14H18O5. The number of rotatable bonds is 5. The van der Waals surface area contributed by atoms with Crippen LogP contribution in [0.3, 0.4) is 0 Å². The first-order valence-corrected chi connectivity index (χ1v) is 6.19. The van der Waals surface area contributed by atoms with Gasteiger partial charge in [0.05, 0.1) is 12.2 Å². The molecule has 1 aromatic carbocycles. The fourth-order valence-electron chi connectivity index (χ4n) is 1.53. The van der Waals surface area contributed by atoms with Gasteiger partial charge in [-0.3, -0.25) is 0 Å². The molecule has 0 saturated heterocycles. The fraction of sp³-hybridized carbons (Fsp3) is 0.429. The van der Waals surface area contributed by atoms with E-state index >= 15 is 0 Å². The van der Waals surface area contributed by atoms with Gasteiger partial charge in [0, 0.05) is 0 Å². The maximum absolute atomic E-state index is 11.8. The van der Waals surface area contributed by atoms with Crippen molar-refractivity contribution >= 4 is 11.9 Å². The Morgan fingerprint density at radius 2 is 2.00 bits per heavy atom. The van der Waals surface area contributed by atoms with E-state index in [4.69, 9.17) is 9.47 Å². The van der Waals surface area contributed by atoms with E-state index < -0.39 is 18.0 Å². The SMILES string of the molecule is CCOC(=O)[C@@H](C)OC(=O)c1ccc(O)c(CC)c1. The van der Waals surface area contributed by atoms with E-state index in [1.54, 1.807) is 13.0 Å². The Kier molecular flexibility index (Phi) is 5.36. The zero-order valence-corrected chi connectivity index (χ0v) is 11.3. The highest BCUT2D eigenvalue weighted by atomic mass is 16.6. The third-order valence-electron chi connectivity index (χ3n) is 2.60. The third-order valence-corrected chi connectivity index (χ3v) is 2.60. The molecule has 0 aliphatic heterocycles. The first-order valence-electron chi connectivity index (χ1n) is 6.19. The summed E-state index contributed by atoms with van der Waals surface area (Å²) in [4.78, 5) is 23.2. The van der Waals surface area contributed by atoms with Crippen LogP contribution in [-0.4, -0.2) is 29.8 Å². The molecule has 0 saturated carbocycles. The summed E-state index contributed by atoms with van der Waals surface area (Å²) in [5.74, 6) is -1.06. The summed E-state index contributed by atoms with van der Waals surface area (Å²) in [6.45, 7) is 5.24. The normalized spacial score (nSPS) is 11.7. The molecule has 0 unspecified atom stereocenters. The third kappa shape index (κ3) is 3.98. The van der Waals surface area contributed by atoms with E-state index in [9.17, 15) is 14.7 Å². The maximum atomic E-state index is 11.8. The van der Waals surface area contributed by atoms with Gasteiger partial charge in [-0.25, -0.2) is 9.59 Å². The summed E-state index contributed by atoms with van der Waals surface area (Å²) in [7, 11) is 0. The zero-order valence-electron chi connectivity index (χ0n) is 11.3. The van der Waals surface area contributed by atoms with Crippen LogP contribution in [0.25, 0.3) is 0 Å². The minimum absolute atomic E-state index is 0.137. The number of carbonyl (C=O) groups excluding carboxylic acids is 2. The van der Waals surface area contributed by atoms with Gasteiger partial charge in [-0.05, 0) is 44.0 Å². The van der Waals surface area contributed by atoms with E-state index in [2.05, 4.69) is 0 Å². The van der Waals surface area contributed by atoms with Gasteiger partial charge in [-0.15, -0.1) is 0 Å². The molecular weight excluding hydrogens is 248 g/mol. The number of phenolic OH excluding ortho intramolecular Hbond substituents is 1. The molecule has 0 aromatic heterocycles. The molecule has 0 heterocycles. The molecule has 104 valence electrons. The minimum atomic E-state index is -0.952. The highest BCUT2D eigenvalue weighted by molar-refractivity contribution is 5.91. The van der Waals surface area contributed by atoms with Crippen molar-refractivity contribution in [1.29, 1.82) is 0 Å². The number of carbonyl (C=O) groups is 2. The molecule has 5 nitrogen and oxygen atoms in total. The highest BCUT2D eigenvalue weighted by Crippen LogP contribution is 2.19. The number of aryl methyl sites for hydroxylation is 1. The number of ether oxygens (including phenoxy) is 2. The van der Waals surface area contributed by atoms with Crippen molar-refractivity contribution in [3.05, 3.63) is 29.3 Å². The highest BCUT2D eigenvalue weighted by Gasteiger charge is 2.20. The monoisotopic (exact) mass is 266 g/mol. The summed E-state index contributed by atoms with van der Waals surface area (Å²) >= 11 is 0. The van der Waals surface area contributed by atoms with Crippen molar-refractivity contribution in [3.8, 4) is 5.75 Å². The van der Waals surface area contributed by atoms with Crippen molar-refractivity contribution < 1.29 is 24.2 Å². The second-order valence-corrected chi connectivity index (χ2v) is 4.00. The van der Waals surface area contributed by atoms with Crippen LogP contribution >= 0.6 is 0 Å². The lowest BCUT2D eigenvalue weighted by atomic mass is 10.1. The van der Waals surface area contributed by atoms with E-state index in [1.807, 2.05) is 6.92 Å². The molecule has 5 heteroatoms. The van der Waals surface area contributed by atoms with Crippen molar-refractivity contribution in [3.63, 3.8) is 0 Å². The Balaban J connectivity index is 2.75. The Morgan fingerprint density at radius 1 is 1.32 bits per heavy atom. The predicted molar refractivity (Wildman–Crippen MR) is 69.0 cm³/mol. The first kappa shape index (κ1) is 15.0. The second-order valence-electron chi connectivity index (χ2n) is 4.00. The summed E-state index contributed by atoms with van der Waals surface area (Å²) in [5, 5.41) is 9.53. The van der Waals surface area contributed by atoms with Crippen molar-refractivity contribution in [2.45, 2.75) is 33.3 Å². The Labute approximate surface area is 112 Å². The van der Waals surface area contributed by atoms with Gasteiger partial charge in [-0.1, -0.05) is 6.92 Å². The van der Waals surface area contributed by atoms with Gasteiger partial charge < -0.3 is 14.6 Å². The molecule has 0 aliphatic carbocycles. The summed E-state index contributed by atoms with van der Waals surface area (Å²) in [6, 6.07) is 4.44. The van der Waals surface area contributed by atoms with E-state index in [1.165, 1.54) is 19.1 Å². The summed E-state index contributed by atoms with van der Waals surface area (Å²) in [5.41, 5.74) is 0.948. The molecule has 1 rings (SSSR count). The van der Waals surface area contributed by atoms with Crippen LogP contribution in [0.2, 0.25) is 0 Å². The molecule has 0 fully saturated rings. The quantitative estimate of drug-likeness (QED) is 0.826. The van der Waals surface area contributed by atoms with Gasteiger partial charge >= 0.3 is 11.9 Å². The van der Waals surface area contributed by atoms with Gasteiger partial charge in [0.15, 0.2) is 6.10 Å². The smallest absolute Gasteiger partial charge is 0.347 e. The topological polar surface area (TPSA) is 72.8 Å². The van der Waals surface area contributed by atoms with E-state index in [0.717, 1.165) is 0 Å². The lowest BCUT2D eigenvalue weighted by molar-refractivity contribution is -0.152. The van der Waals surface area contributed by atoms with Crippen LogP contribution in [0, 0.1) is 0 Å². The van der Waals surface area contributed by atoms with Gasteiger partial charge in [0.2, 0.25) is 0 Å². The van der Waals surface area contributed by atoms with Crippen molar-refractivity contribution in [2.75, 3.05) is 6.61 Å². The largest absolute Gasteiger partial charge is 0.508 e. The number of aromatic hydroxyl groups is 1. The number of benzene rings is 1. The minimum Gasteiger partial charge on any atom is -0.508 e. The lowest BCUT2D eigenvalue weighted by Gasteiger charge is -2.12. The first-order chi connectivity index (χ1) is 8.99. The second kappa shape index (κ2) is 6.78. The van der Waals surface area contributed by atoms with Gasteiger partial charge in [0.25, 0.3) is 0 Å². The molecule has 1 aromatic rings. The van der Waals surface area contributed by atoms with Crippen LogP contribution < -0.4 is 0 Å². The molecule has 19 heavy (non-hydrogen) atoms. The number of phenols is 1. The molecule has 0 radical (unpaired) electrons. The molecule has 0 amide bonds. The average Bonchev–Trinajstić information content (AvgIpc) is 2.39. The van der Waals surface area contributed by atoms with Gasteiger partial charge in [0.1, 0.15) is 5.75 Å². The number of hydrogen-bond acceptors (Lipinski definition) is 5. The summed E-state index contributed by atoms with van der Waals surface area (Å²) < 4.78 is 9.74. The molecule has 1 atom stereocenters. The Bertz CT molecular complexity index is 467. The zero-order chi connectivity index (χ0) is 14.4. The van der Waals surface area contributed by atoms with Gasteiger partial charge in [-0.2, -0.15) is 0 Å². The molecule has 0 bridgehead atoms. The van der Waals surface area contributed by atoms with Crippen LogP contribution in [0.1, 0.15) is 36.7 Å². The van der Waals surface area contributed by atoms with Crippen molar-refractivity contribution in [2.24, 2.45) is 0 Å². The van der Waals surface area contributed by atoms with Crippen LogP contribution in [0.5, 0.6) is 5.75 Å². The fourth-order valence-corrected chi connectivity index (χ4v) is 1.53. The molecule has 0 spiro atoms. The van der Waals surface area contributed by atoms with Crippen LogP contribution in [-0.2, 0) is 20.7 Å². The predicted octanol–water partition coefficient (Wildman–Crippen LogP) is 2.06. The lowest BCUT2D eigenvalue weighted by Crippen LogP contribution is -2.26. The number of esters is 2. The maximum Gasteiger partial charge on any atom is 0.347 e.